The van der Waals surface area contributed by atoms with Crippen LogP contribution in [0.5, 0.6) is 0 Å². The molecule has 130 valence electrons. The Kier molecular flexibility index (Phi) is 4.58. The summed E-state index contributed by atoms with van der Waals surface area (Å²) in [6.45, 7) is 1.49. The predicted octanol–water partition coefficient (Wildman–Crippen LogP) is 3.28. The summed E-state index contributed by atoms with van der Waals surface area (Å²) < 4.78 is 64.4. The van der Waals surface area contributed by atoms with Crippen molar-refractivity contribution in [2.24, 2.45) is 0 Å². The van der Waals surface area contributed by atoms with Crippen molar-refractivity contribution >= 4 is 27.0 Å². The zero-order chi connectivity index (χ0) is 17.4. The minimum Gasteiger partial charge on any atom is -0.369 e. The number of alkyl halides is 3. The number of hydrogen-bond acceptors (Lipinski definition) is 4. The molecule has 1 aliphatic heterocycles. The average Bonchev–Trinajstić information content (AvgIpc) is 3.10. The lowest BCUT2D eigenvalue weighted by Crippen LogP contribution is -2.48. The highest BCUT2D eigenvalue weighted by Crippen LogP contribution is 2.31. The van der Waals surface area contributed by atoms with E-state index in [2.05, 4.69) is 0 Å². The summed E-state index contributed by atoms with van der Waals surface area (Å²) in [6, 6.07) is 8.20. The molecule has 0 unspecified atom stereocenters. The maximum absolute atomic E-state index is 12.6. The van der Waals surface area contributed by atoms with Crippen molar-refractivity contribution in [3.8, 4) is 0 Å². The second-order valence-electron chi connectivity index (χ2n) is 5.37. The van der Waals surface area contributed by atoms with Crippen LogP contribution in [0.15, 0.2) is 46.0 Å². The van der Waals surface area contributed by atoms with Crippen molar-refractivity contribution < 1.29 is 21.6 Å². The van der Waals surface area contributed by atoms with Crippen molar-refractivity contribution in [1.82, 2.24) is 4.31 Å². The SMILES string of the molecule is O=S(=O)(c1cccs1)N1CCN(c2ccc(C(F)(F)F)cc2)CC1. The Labute approximate surface area is 142 Å². The van der Waals surface area contributed by atoms with Gasteiger partial charge in [0.15, 0.2) is 0 Å². The molecule has 2 heterocycles. The maximum atomic E-state index is 12.6. The first-order valence-electron chi connectivity index (χ1n) is 7.24. The Morgan fingerprint density at radius 1 is 0.958 bits per heavy atom. The molecular formula is C15H15F3N2O2S2. The minimum absolute atomic E-state index is 0.307. The van der Waals surface area contributed by atoms with Gasteiger partial charge in [0.05, 0.1) is 5.56 Å². The van der Waals surface area contributed by atoms with Gasteiger partial charge in [-0.2, -0.15) is 17.5 Å². The Balaban J connectivity index is 1.67. The summed E-state index contributed by atoms with van der Waals surface area (Å²) in [7, 11) is -3.47. The van der Waals surface area contributed by atoms with Gasteiger partial charge in [0.2, 0.25) is 0 Å². The number of benzene rings is 1. The van der Waals surface area contributed by atoms with Gasteiger partial charge in [-0.1, -0.05) is 6.07 Å². The quantitative estimate of drug-likeness (QED) is 0.826. The van der Waals surface area contributed by atoms with Gasteiger partial charge in [-0.15, -0.1) is 11.3 Å². The van der Waals surface area contributed by atoms with E-state index in [0.29, 0.717) is 36.1 Å². The van der Waals surface area contributed by atoms with Gasteiger partial charge in [-0.3, -0.25) is 0 Å². The monoisotopic (exact) mass is 376 g/mol. The number of sulfonamides is 1. The molecule has 1 saturated heterocycles. The third-order valence-electron chi connectivity index (χ3n) is 3.89. The maximum Gasteiger partial charge on any atom is 0.416 e. The van der Waals surface area contributed by atoms with Crippen molar-refractivity contribution in [2.75, 3.05) is 31.1 Å². The molecule has 1 fully saturated rings. The number of hydrogen-bond donors (Lipinski definition) is 0. The highest BCUT2D eigenvalue weighted by atomic mass is 32.2. The van der Waals surface area contributed by atoms with Gasteiger partial charge in [0, 0.05) is 31.9 Å². The van der Waals surface area contributed by atoms with Crippen LogP contribution >= 0.6 is 11.3 Å². The zero-order valence-electron chi connectivity index (χ0n) is 12.5. The standard InChI is InChI=1S/C15H15F3N2O2S2/c16-15(17,18)12-3-5-13(6-4-12)19-7-9-20(10-8-19)24(21,22)14-2-1-11-23-14/h1-6,11H,7-10H2. The molecule has 1 aliphatic rings. The lowest BCUT2D eigenvalue weighted by Gasteiger charge is -2.35. The first-order chi connectivity index (χ1) is 11.3. The second-order valence-corrected chi connectivity index (χ2v) is 8.48. The average molecular weight is 376 g/mol. The molecule has 0 amide bonds. The topological polar surface area (TPSA) is 40.6 Å². The molecule has 0 saturated carbocycles. The highest BCUT2D eigenvalue weighted by molar-refractivity contribution is 7.91. The molecule has 0 aliphatic carbocycles. The Hall–Kier alpha value is -1.58. The first kappa shape index (κ1) is 17.2. The predicted molar refractivity (Wildman–Crippen MR) is 86.7 cm³/mol. The molecule has 0 atom stereocenters. The van der Waals surface area contributed by atoms with Crippen LogP contribution in [0, 0.1) is 0 Å². The summed E-state index contributed by atoms with van der Waals surface area (Å²) in [5.74, 6) is 0. The van der Waals surface area contributed by atoms with Crippen LogP contribution in [0.2, 0.25) is 0 Å². The van der Waals surface area contributed by atoms with Gasteiger partial charge in [0.1, 0.15) is 4.21 Å². The van der Waals surface area contributed by atoms with E-state index in [1.54, 1.807) is 17.5 Å². The summed E-state index contributed by atoms with van der Waals surface area (Å²) in [4.78, 5) is 1.89. The highest BCUT2D eigenvalue weighted by Gasteiger charge is 2.31. The van der Waals surface area contributed by atoms with Gasteiger partial charge < -0.3 is 4.90 Å². The second kappa shape index (κ2) is 6.38. The van der Waals surface area contributed by atoms with Crippen LogP contribution < -0.4 is 4.90 Å². The molecule has 0 radical (unpaired) electrons. The fourth-order valence-corrected chi connectivity index (χ4v) is 5.15. The van der Waals surface area contributed by atoms with Gasteiger partial charge >= 0.3 is 6.18 Å². The molecule has 1 aromatic carbocycles. The van der Waals surface area contributed by atoms with Crippen LogP contribution in [-0.2, 0) is 16.2 Å². The number of anilines is 1. The van der Waals surface area contributed by atoms with Crippen LogP contribution in [0.4, 0.5) is 18.9 Å². The number of halogens is 3. The Morgan fingerprint density at radius 3 is 2.08 bits per heavy atom. The fraction of sp³-hybridized carbons (Fsp3) is 0.333. The molecule has 0 bridgehead atoms. The number of nitrogens with zero attached hydrogens (tertiary/aromatic N) is 2. The summed E-state index contributed by atoms with van der Waals surface area (Å²) in [5, 5.41) is 1.71. The molecule has 3 rings (SSSR count). The smallest absolute Gasteiger partial charge is 0.369 e. The summed E-state index contributed by atoms with van der Waals surface area (Å²) >= 11 is 1.17. The van der Waals surface area contributed by atoms with E-state index < -0.39 is 21.8 Å². The molecule has 4 nitrogen and oxygen atoms in total. The Morgan fingerprint density at radius 2 is 1.58 bits per heavy atom. The van der Waals surface area contributed by atoms with Crippen molar-refractivity contribution in [1.29, 1.82) is 0 Å². The lowest BCUT2D eigenvalue weighted by atomic mass is 10.2. The molecule has 2 aromatic rings. The van der Waals surface area contributed by atoms with E-state index in [1.807, 2.05) is 4.90 Å². The molecule has 0 spiro atoms. The number of rotatable bonds is 3. The van der Waals surface area contributed by atoms with E-state index in [4.69, 9.17) is 0 Å². The molecule has 1 aromatic heterocycles. The van der Waals surface area contributed by atoms with Crippen LogP contribution in [-0.4, -0.2) is 38.9 Å². The van der Waals surface area contributed by atoms with E-state index in [-0.39, 0.29) is 0 Å². The third kappa shape index (κ3) is 3.42. The van der Waals surface area contributed by atoms with E-state index in [0.717, 1.165) is 12.1 Å². The fourth-order valence-electron chi connectivity index (χ4n) is 2.59. The van der Waals surface area contributed by atoms with E-state index in [1.165, 1.54) is 27.8 Å². The van der Waals surface area contributed by atoms with Gasteiger partial charge in [0.25, 0.3) is 10.0 Å². The van der Waals surface area contributed by atoms with Crippen molar-refractivity contribution in [3.05, 3.63) is 47.3 Å². The zero-order valence-corrected chi connectivity index (χ0v) is 14.2. The van der Waals surface area contributed by atoms with E-state index in [9.17, 15) is 21.6 Å². The number of piperazine rings is 1. The van der Waals surface area contributed by atoms with Crippen LogP contribution in [0.1, 0.15) is 5.56 Å². The van der Waals surface area contributed by atoms with Crippen molar-refractivity contribution in [3.63, 3.8) is 0 Å². The molecular weight excluding hydrogens is 361 g/mol. The van der Waals surface area contributed by atoms with E-state index >= 15 is 0 Å². The lowest BCUT2D eigenvalue weighted by molar-refractivity contribution is -0.137. The van der Waals surface area contributed by atoms with Crippen LogP contribution in [0.3, 0.4) is 0 Å². The van der Waals surface area contributed by atoms with Gasteiger partial charge in [-0.05, 0) is 35.7 Å². The van der Waals surface area contributed by atoms with Gasteiger partial charge in [-0.25, -0.2) is 8.42 Å². The van der Waals surface area contributed by atoms with Crippen LogP contribution in [0.25, 0.3) is 0 Å². The molecule has 0 N–H and O–H groups in total. The number of thiophene rings is 1. The molecule has 24 heavy (non-hydrogen) atoms. The summed E-state index contributed by atoms with van der Waals surface area (Å²) in [5.41, 5.74) is -0.0265. The third-order valence-corrected chi connectivity index (χ3v) is 7.16. The largest absolute Gasteiger partial charge is 0.416 e. The van der Waals surface area contributed by atoms with Crippen molar-refractivity contribution in [2.45, 2.75) is 10.4 Å². The molecule has 9 heteroatoms. The summed E-state index contributed by atoms with van der Waals surface area (Å²) in [6.07, 6.45) is -4.36. The minimum atomic E-state index is -4.36. The normalized spacial score (nSPS) is 17.2. The first-order valence-corrected chi connectivity index (χ1v) is 9.56. The Bertz CT molecular complexity index is 779.